The largest absolute Gasteiger partial charge is 0.297 e. The summed E-state index contributed by atoms with van der Waals surface area (Å²) < 4.78 is 35.8. The SMILES string of the molecule is O=S(=O)(O)c1c(Cl)sc(Cl)c1P(c1ccccc1I)c1ccccc1-c1ccccc1. The van der Waals surface area contributed by atoms with Gasteiger partial charge in [0.05, 0.1) is 0 Å². The second-order valence-corrected chi connectivity index (χ2v) is 13.3. The van der Waals surface area contributed by atoms with Gasteiger partial charge < -0.3 is 0 Å². The lowest BCUT2D eigenvalue weighted by Crippen LogP contribution is -2.26. The fourth-order valence-electron chi connectivity index (χ4n) is 3.30. The summed E-state index contributed by atoms with van der Waals surface area (Å²) in [5, 5.41) is 2.21. The van der Waals surface area contributed by atoms with E-state index in [1.54, 1.807) is 0 Å². The molecular formula is C22H14Cl2IO3PS2. The third-order valence-electron chi connectivity index (χ3n) is 4.56. The highest BCUT2D eigenvalue weighted by Gasteiger charge is 2.34. The number of hydrogen-bond donors (Lipinski definition) is 1. The van der Waals surface area contributed by atoms with Crippen molar-refractivity contribution in [3.8, 4) is 11.1 Å². The Balaban J connectivity index is 2.10. The molecule has 0 radical (unpaired) electrons. The van der Waals surface area contributed by atoms with Crippen molar-refractivity contribution in [1.82, 2.24) is 0 Å². The molecule has 4 aromatic rings. The summed E-state index contributed by atoms with van der Waals surface area (Å²) in [6, 6.07) is 25.5. The van der Waals surface area contributed by atoms with Crippen LogP contribution in [0.15, 0.2) is 83.8 Å². The lowest BCUT2D eigenvalue weighted by Gasteiger charge is -2.24. The minimum absolute atomic E-state index is 0.0434. The van der Waals surface area contributed by atoms with E-state index in [-0.39, 0.29) is 13.6 Å². The maximum Gasteiger partial charge on any atom is 0.297 e. The van der Waals surface area contributed by atoms with Gasteiger partial charge in [0, 0.05) is 8.87 Å². The lowest BCUT2D eigenvalue weighted by atomic mass is 10.1. The predicted octanol–water partition coefficient (Wildman–Crippen LogP) is 6.33. The first-order valence-corrected chi connectivity index (χ1v) is 14.4. The zero-order valence-electron chi connectivity index (χ0n) is 15.7. The first kappa shape index (κ1) is 23.2. The van der Waals surface area contributed by atoms with E-state index in [0.29, 0.717) is 5.30 Å². The van der Waals surface area contributed by atoms with Crippen LogP contribution in [0.3, 0.4) is 0 Å². The molecule has 1 heterocycles. The van der Waals surface area contributed by atoms with Crippen LogP contribution < -0.4 is 15.9 Å². The van der Waals surface area contributed by atoms with Crippen molar-refractivity contribution in [2.24, 2.45) is 0 Å². The molecule has 158 valence electrons. The van der Waals surface area contributed by atoms with Gasteiger partial charge in [-0.3, -0.25) is 4.55 Å². The molecule has 0 aliphatic rings. The minimum Gasteiger partial charge on any atom is -0.282 e. The molecule has 1 N–H and O–H groups in total. The molecule has 4 rings (SSSR count). The van der Waals surface area contributed by atoms with Gasteiger partial charge in [-0.2, -0.15) is 8.42 Å². The summed E-state index contributed by atoms with van der Waals surface area (Å²) >= 11 is 16.0. The van der Waals surface area contributed by atoms with E-state index in [4.69, 9.17) is 23.2 Å². The van der Waals surface area contributed by atoms with Crippen LogP contribution >= 0.6 is 65.1 Å². The van der Waals surface area contributed by atoms with Crippen molar-refractivity contribution in [3.05, 3.63) is 91.1 Å². The predicted molar refractivity (Wildman–Crippen MR) is 141 cm³/mol. The second-order valence-electron chi connectivity index (χ2n) is 6.47. The molecule has 0 amide bonds. The summed E-state index contributed by atoms with van der Waals surface area (Å²) in [5.41, 5.74) is 1.97. The molecule has 0 saturated carbocycles. The van der Waals surface area contributed by atoms with Gasteiger partial charge in [-0.05, 0) is 58.3 Å². The molecule has 9 heteroatoms. The normalized spacial score (nSPS) is 12.6. The van der Waals surface area contributed by atoms with E-state index < -0.39 is 18.0 Å². The van der Waals surface area contributed by atoms with Crippen LogP contribution in [-0.2, 0) is 10.1 Å². The smallest absolute Gasteiger partial charge is 0.282 e. The highest BCUT2D eigenvalue weighted by atomic mass is 127. The Hall–Kier alpha value is -0.990. The van der Waals surface area contributed by atoms with Crippen molar-refractivity contribution in [2.75, 3.05) is 0 Å². The average Bonchev–Trinajstić information content (AvgIpc) is 3.04. The average molecular weight is 619 g/mol. The van der Waals surface area contributed by atoms with E-state index in [1.807, 2.05) is 78.9 Å². The molecule has 3 nitrogen and oxygen atoms in total. The van der Waals surface area contributed by atoms with Gasteiger partial charge in [-0.25, -0.2) is 0 Å². The lowest BCUT2D eigenvalue weighted by molar-refractivity contribution is 0.484. The monoisotopic (exact) mass is 618 g/mol. The number of halogens is 3. The van der Waals surface area contributed by atoms with Gasteiger partial charge >= 0.3 is 0 Å². The standard InChI is InChI=1S/C22H14Cl2IO3PS2/c23-21-19(20(22(24)30-21)31(26,27)28)29(18-13-7-5-11-16(18)25)17-12-6-4-10-15(17)14-8-2-1-3-9-14/h1-13H,(H,26,27,28). The maximum absolute atomic E-state index is 12.3. The Labute approximate surface area is 209 Å². The first-order chi connectivity index (χ1) is 14.8. The van der Waals surface area contributed by atoms with E-state index in [2.05, 4.69) is 22.6 Å². The second kappa shape index (κ2) is 9.48. The van der Waals surface area contributed by atoms with Crippen LogP contribution in [0.25, 0.3) is 11.1 Å². The fraction of sp³-hybridized carbons (Fsp3) is 0. The number of benzene rings is 3. The Bertz CT molecular complexity index is 1360. The van der Waals surface area contributed by atoms with Crippen molar-refractivity contribution >= 4 is 91.1 Å². The molecule has 0 aliphatic carbocycles. The van der Waals surface area contributed by atoms with Crippen molar-refractivity contribution < 1.29 is 13.0 Å². The van der Waals surface area contributed by atoms with Crippen LogP contribution in [-0.4, -0.2) is 13.0 Å². The Kier molecular flexibility index (Phi) is 7.08. The topological polar surface area (TPSA) is 54.4 Å². The van der Waals surface area contributed by atoms with Crippen LogP contribution in [0, 0.1) is 3.57 Å². The van der Waals surface area contributed by atoms with Crippen LogP contribution in [0.1, 0.15) is 0 Å². The van der Waals surface area contributed by atoms with E-state index >= 15 is 0 Å². The summed E-state index contributed by atoms with van der Waals surface area (Å²) in [5.74, 6) is 0. The summed E-state index contributed by atoms with van der Waals surface area (Å²) in [7, 11) is -6.04. The number of hydrogen-bond acceptors (Lipinski definition) is 3. The van der Waals surface area contributed by atoms with E-state index in [9.17, 15) is 13.0 Å². The molecule has 0 bridgehead atoms. The molecule has 1 aromatic heterocycles. The molecular weight excluding hydrogens is 605 g/mol. The van der Waals surface area contributed by atoms with Crippen LogP contribution in [0.5, 0.6) is 0 Å². The third-order valence-corrected chi connectivity index (χ3v) is 11.8. The molecule has 31 heavy (non-hydrogen) atoms. The number of thiophene rings is 1. The fourth-order valence-corrected chi connectivity index (χ4v) is 11.0. The summed E-state index contributed by atoms with van der Waals surface area (Å²) in [6.45, 7) is 0. The molecule has 0 spiro atoms. The molecule has 0 saturated heterocycles. The van der Waals surface area contributed by atoms with Crippen molar-refractivity contribution in [1.29, 1.82) is 0 Å². The zero-order chi connectivity index (χ0) is 22.2. The van der Waals surface area contributed by atoms with Crippen molar-refractivity contribution in [2.45, 2.75) is 4.90 Å². The first-order valence-electron chi connectivity index (χ1n) is 8.93. The van der Waals surface area contributed by atoms with Gasteiger partial charge in [0.25, 0.3) is 10.1 Å². The Morgan fingerprint density at radius 1 is 0.806 bits per heavy atom. The molecule has 1 unspecified atom stereocenters. The quantitative estimate of drug-likeness (QED) is 0.162. The third kappa shape index (κ3) is 4.71. The molecule has 0 fully saturated rings. The number of rotatable bonds is 5. The maximum atomic E-state index is 12.3. The molecule has 0 aliphatic heterocycles. The highest BCUT2D eigenvalue weighted by Crippen LogP contribution is 2.47. The van der Waals surface area contributed by atoms with E-state index in [0.717, 1.165) is 36.6 Å². The van der Waals surface area contributed by atoms with Gasteiger partial charge in [0.1, 0.15) is 13.6 Å². The van der Waals surface area contributed by atoms with Crippen molar-refractivity contribution in [3.63, 3.8) is 0 Å². The van der Waals surface area contributed by atoms with E-state index in [1.165, 1.54) is 0 Å². The van der Waals surface area contributed by atoms with Gasteiger partial charge in [-0.1, -0.05) is 96.0 Å². The molecule has 3 aromatic carbocycles. The van der Waals surface area contributed by atoms with Gasteiger partial charge in [-0.15, -0.1) is 11.3 Å². The Morgan fingerprint density at radius 3 is 2.03 bits per heavy atom. The van der Waals surface area contributed by atoms with Gasteiger partial charge in [0.15, 0.2) is 0 Å². The summed E-state index contributed by atoms with van der Waals surface area (Å²) in [4.78, 5) is -0.308. The highest BCUT2D eigenvalue weighted by molar-refractivity contribution is 14.1. The minimum atomic E-state index is -4.59. The zero-order valence-corrected chi connectivity index (χ0v) is 21.9. The molecule has 1 atom stereocenters. The van der Waals surface area contributed by atoms with Gasteiger partial charge in [0.2, 0.25) is 0 Å². The van der Waals surface area contributed by atoms with Crippen LogP contribution in [0.2, 0.25) is 8.67 Å². The Morgan fingerprint density at radius 2 is 1.39 bits per heavy atom. The van der Waals surface area contributed by atoms with Crippen LogP contribution in [0.4, 0.5) is 0 Å². The summed E-state index contributed by atoms with van der Waals surface area (Å²) in [6.07, 6.45) is 0.